The van der Waals surface area contributed by atoms with Gasteiger partial charge in [0.15, 0.2) is 0 Å². The molecule has 17 heavy (non-hydrogen) atoms. The fourth-order valence-corrected chi connectivity index (χ4v) is 2.53. The van der Waals surface area contributed by atoms with Crippen molar-refractivity contribution >= 4 is 0 Å². The Labute approximate surface area is 100 Å². The molecule has 0 spiro atoms. The average molecular weight is 223 g/mol. The first-order valence-electron chi connectivity index (χ1n) is 5.93. The largest absolute Gasteiger partial charge is 0.343 e. The van der Waals surface area contributed by atoms with Gasteiger partial charge in [-0.2, -0.15) is 5.26 Å². The molecule has 0 unspecified atom stereocenters. The first-order chi connectivity index (χ1) is 8.40. The van der Waals surface area contributed by atoms with E-state index in [9.17, 15) is 5.26 Å². The third-order valence-electron chi connectivity index (χ3n) is 3.35. The number of aromatic nitrogens is 2. The molecule has 1 aliphatic rings. The maximum absolute atomic E-state index is 9.18. The molecule has 0 radical (unpaired) electrons. The topological polar surface area (TPSA) is 41.6 Å². The molecule has 0 saturated carbocycles. The lowest BCUT2D eigenvalue weighted by Gasteiger charge is -2.18. The lowest BCUT2D eigenvalue weighted by molar-refractivity contribution is 0.536. The van der Waals surface area contributed by atoms with Crippen molar-refractivity contribution in [2.24, 2.45) is 0 Å². The second-order valence-corrected chi connectivity index (χ2v) is 4.35. The zero-order valence-corrected chi connectivity index (χ0v) is 9.56. The highest BCUT2D eigenvalue weighted by Gasteiger charge is 2.18. The number of hydrogen-bond donors (Lipinski definition) is 0. The Kier molecular flexibility index (Phi) is 2.41. The van der Waals surface area contributed by atoms with Crippen LogP contribution >= 0.6 is 0 Å². The maximum Gasteiger partial charge on any atom is 0.101 e. The van der Waals surface area contributed by atoms with Crippen molar-refractivity contribution in [3.05, 3.63) is 41.9 Å². The summed E-state index contributed by atoms with van der Waals surface area (Å²) in [5.41, 5.74) is 4.32. The molecular formula is C14H13N3. The summed E-state index contributed by atoms with van der Waals surface area (Å²) in [6, 6.07) is 8.32. The quantitative estimate of drug-likeness (QED) is 0.746. The van der Waals surface area contributed by atoms with Crippen LogP contribution in [-0.2, 0) is 13.0 Å². The molecule has 0 atom stereocenters. The maximum atomic E-state index is 9.18. The minimum absolute atomic E-state index is 0.830. The van der Waals surface area contributed by atoms with Crippen LogP contribution in [0.1, 0.15) is 24.1 Å². The summed E-state index contributed by atoms with van der Waals surface area (Å²) in [5.74, 6) is 0. The minimum Gasteiger partial charge on any atom is -0.343 e. The summed E-state index contributed by atoms with van der Waals surface area (Å²) in [4.78, 5) is 4.04. The van der Waals surface area contributed by atoms with Crippen molar-refractivity contribution < 1.29 is 0 Å². The lowest BCUT2D eigenvalue weighted by Crippen LogP contribution is -2.11. The van der Waals surface area contributed by atoms with Crippen LogP contribution in [0.5, 0.6) is 0 Å². The molecule has 3 heteroatoms. The molecule has 0 bridgehead atoms. The predicted octanol–water partition coefficient (Wildman–Crippen LogP) is 2.76. The van der Waals surface area contributed by atoms with Crippen molar-refractivity contribution in [3.8, 4) is 17.3 Å². The van der Waals surface area contributed by atoms with E-state index in [0.717, 1.165) is 29.8 Å². The normalized spacial score (nSPS) is 14.1. The summed E-state index contributed by atoms with van der Waals surface area (Å²) in [6.45, 7) is 1.02. The van der Waals surface area contributed by atoms with Gasteiger partial charge in [-0.15, -0.1) is 0 Å². The van der Waals surface area contributed by atoms with Crippen LogP contribution in [0, 0.1) is 11.3 Å². The average Bonchev–Trinajstić information content (AvgIpc) is 2.78. The van der Waals surface area contributed by atoms with Crippen LogP contribution < -0.4 is 0 Å². The Morgan fingerprint density at radius 2 is 2.06 bits per heavy atom. The molecule has 0 fully saturated rings. The Hall–Kier alpha value is -2.08. The molecule has 3 heterocycles. The Morgan fingerprint density at radius 3 is 2.82 bits per heavy atom. The highest BCUT2D eigenvalue weighted by molar-refractivity contribution is 5.64. The third kappa shape index (κ3) is 1.62. The molecule has 0 amide bonds. The SMILES string of the molecule is N#Cc1cc(-c2ccncc2)n2c1CCCC2. The summed E-state index contributed by atoms with van der Waals surface area (Å²) in [5, 5.41) is 9.18. The van der Waals surface area contributed by atoms with Crippen molar-refractivity contribution in [3.63, 3.8) is 0 Å². The van der Waals surface area contributed by atoms with E-state index in [-0.39, 0.29) is 0 Å². The molecule has 2 aromatic heterocycles. The van der Waals surface area contributed by atoms with Gasteiger partial charge in [0.2, 0.25) is 0 Å². The summed E-state index contributed by atoms with van der Waals surface area (Å²) in [6.07, 6.45) is 7.00. The molecule has 0 aliphatic carbocycles. The second-order valence-electron chi connectivity index (χ2n) is 4.35. The van der Waals surface area contributed by atoms with E-state index in [1.165, 1.54) is 18.5 Å². The van der Waals surface area contributed by atoms with Gasteiger partial charge in [-0.3, -0.25) is 4.98 Å². The summed E-state index contributed by atoms with van der Waals surface area (Å²) >= 11 is 0. The fourth-order valence-electron chi connectivity index (χ4n) is 2.53. The first-order valence-corrected chi connectivity index (χ1v) is 5.93. The van der Waals surface area contributed by atoms with Crippen LogP contribution in [0.15, 0.2) is 30.6 Å². The van der Waals surface area contributed by atoms with E-state index in [1.54, 1.807) is 12.4 Å². The second kappa shape index (κ2) is 4.06. The van der Waals surface area contributed by atoms with Gasteiger partial charge in [-0.05, 0) is 37.5 Å². The molecule has 2 aromatic rings. The highest BCUT2D eigenvalue weighted by atomic mass is 15.0. The molecule has 84 valence electrons. The third-order valence-corrected chi connectivity index (χ3v) is 3.35. The van der Waals surface area contributed by atoms with Gasteiger partial charge in [-0.1, -0.05) is 0 Å². The predicted molar refractivity (Wildman–Crippen MR) is 65.3 cm³/mol. The number of nitriles is 1. The van der Waals surface area contributed by atoms with E-state index in [1.807, 2.05) is 18.2 Å². The Bertz CT molecular complexity index is 576. The first kappa shape index (κ1) is 10.1. The fraction of sp³-hybridized carbons (Fsp3) is 0.286. The van der Waals surface area contributed by atoms with Gasteiger partial charge >= 0.3 is 0 Å². The van der Waals surface area contributed by atoms with Gasteiger partial charge in [-0.25, -0.2) is 0 Å². The van der Waals surface area contributed by atoms with E-state index < -0.39 is 0 Å². The Balaban J connectivity index is 2.18. The molecule has 1 aliphatic heterocycles. The van der Waals surface area contributed by atoms with Gasteiger partial charge in [0.05, 0.1) is 5.56 Å². The molecule has 0 N–H and O–H groups in total. The molecule has 0 aromatic carbocycles. The van der Waals surface area contributed by atoms with Gasteiger partial charge in [0, 0.05) is 35.9 Å². The van der Waals surface area contributed by atoms with Crippen LogP contribution in [-0.4, -0.2) is 9.55 Å². The number of fused-ring (bicyclic) bond motifs is 1. The van der Waals surface area contributed by atoms with Gasteiger partial charge in [0.1, 0.15) is 6.07 Å². The van der Waals surface area contributed by atoms with Crippen molar-refractivity contribution in [1.82, 2.24) is 9.55 Å². The monoisotopic (exact) mass is 223 g/mol. The van der Waals surface area contributed by atoms with Crippen LogP contribution in [0.4, 0.5) is 0 Å². The van der Waals surface area contributed by atoms with Crippen LogP contribution in [0.3, 0.4) is 0 Å². The van der Waals surface area contributed by atoms with E-state index >= 15 is 0 Å². The smallest absolute Gasteiger partial charge is 0.101 e. The minimum atomic E-state index is 0.830. The van der Waals surface area contributed by atoms with Crippen molar-refractivity contribution in [2.75, 3.05) is 0 Å². The van der Waals surface area contributed by atoms with Crippen LogP contribution in [0.25, 0.3) is 11.3 Å². The lowest BCUT2D eigenvalue weighted by atomic mass is 10.1. The molecule has 0 saturated heterocycles. The molecule has 3 nitrogen and oxygen atoms in total. The van der Waals surface area contributed by atoms with Crippen molar-refractivity contribution in [2.45, 2.75) is 25.8 Å². The number of hydrogen-bond acceptors (Lipinski definition) is 2. The van der Waals surface area contributed by atoms with E-state index in [4.69, 9.17) is 0 Å². The highest BCUT2D eigenvalue weighted by Crippen LogP contribution is 2.29. The number of pyridine rings is 1. The van der Waals surface area contributed by atoms with E-state index in [0.29, 0.717) is 0 Å². The van der Waals surface area contributed by atoms with Crippen LogP contribution in [0.2, 0.25) is 0 Å². The zero-order chi connectivity index (χ0) is 11.7. The molecular weight excluding hydrogens is 210 g/mol. The zero-order valence-electron chi connectivity index (χ0n) is 9.56. The molecule has 3 rings (SSSR count). The van der Waals surface area contributed by atoms with E-state index in [2.05, 4.69) is 15.6 Å². The van der Waals surface area contributed by atoms with Gasteiger partial charge in [0.25, 0.3) is 0 Å². The standard InChI is InChI=1S/C14H13N3/c15-10-12-9-14(11-4-6-16-7-5-11)17-8-2-1-3-13(12)17/h4-7,9H,1-3,8H2. The summed E-state index contributed by atoms with van der Waals surface area (Å²) in [7, 11) is 0. The van der Waals surface area contributed by atoms with Crippen molar-refractivity contribution in [1.29, 1.82) is 5.26 Å². The number of nitrogens with zero attached hydrogens (tertiary/aromatic N) is 3. The number of rotatable bonds is 1. The van der Waals surface area contributed by atoms with Gasteiger partial charge < -0.3 is 4.57 Å². The summed E-state index contributed by atoms with van der Waals surface area (Å²) < 4.78 is 2.29. The Morgan fingerprint density at radius 1 is 1.24 bits per heavy atom.